The number of imidazole rings is 1. The number of aliphatic hydroxyl groups excluding tert-OH is 1. The number of benzene rings is 1. The van der Waals surface area contributed by atoms with E-state index in [2.05, 4.69) is 4.98 Å². The minimum absolute atomic E-state index is 0.136. The molecule has 2 aromatic rings. The van der Waals surface area contributed by atoms with Crippen molar-refractivity contribution >= 4 is 0 Å². The van der Waals surface area contributed by atoms with Crippen molar-refractivity contribution in [1.29, 1.82) is 0 Å². The predicted octanol–water partition coefficient (Wildman–Crippen LogP) is 2.46. The Labute approximate surface area is 134 Å². The van der Waals surface area contributed by atoms with Crippen LogP contribution < -0.4 is 4.74 Å². The Kier molecular flexibility index (Phi) is 6.06. The lowest BCUT2D eigenvalue weighted by molar-refractivity contribution is 0.0572. The Morgan fingerprint density at radius 1 is 1.39 bits per heavy atom. The smallest absolute Gasteiger partial charge is 0.319 e. The highest BCUT2D eigenvalue weighted by molar-refractivity contribution is 5.27. The first-order valence-electron chi connectivity index (χ1n) is 7.31. The summed E-state index contributed by atoms with van der Waals surface area (Å²) in [5.74, 6) is 0.953. The molecule has 1 atom stereocenters. The van der Waals surface area contributed by atoms with E-state index in [-0.39, 0.29) is 19.0 Å². The van der Waals surface area contributed by atoms with Crippen molar-refractivity contribution in [2.24, 2.45) is 0 Å². The molecule has 1 N–H and O–H groups in total. The maximum Gasteiger partial charge on any atom is 0.319 e. The molecule has 1 aromatic heterocycles. The monoisotopic (exact) mass is 325 g/mol. The third-order valence-electron chi connectivity index (χ3n) is 3.32. The second kappa shape index (κ2) is 8.03. The summed E-state index contributed by atoms with van der Waals surface area (Å²) >= 11 is 0. The van der Waals surface area contributed by atoms with E-state index in [0.29, 0.717) is 12.3 Å². The van der Waals surface area contributed by atoms with Gasteiger partial charge in [0.2, 0.25) is 0 Å². The molecule has 0 bridgehead atoms. The summed E-state index contributed by atoms with van der Waals surface area (Å²) < 4.78 is 31.8. The van der Waals surface area contributed by atoms with Gasteiger partial charge in [-0.3, -0.25) is 9.47 Å². The summed E-state index contributed by atoms with van der Waals surface area (Å²) in [4.78, 5) is 5.64. The van der Waals surface area contributed by atoms with Gasteiger partial charge in [0, 0.05) is 18.9 Å². The van der Waals surface area contributed by atoms with Gasteiger partial charge in [-0.1, -0.05) is 12.1 Å². The van der Waals surface area contributed by atoms with Crippen LogP contribution in [0.3, 0.4) is 0 Å². The molecule has 1 heterocycles. The van der Waals surface area contributed by atoms with Crippen molar-refractivity contribution in [1.82, 2.24) is 14.5 Å². The summed E-state index contributed by atoms with van der Waals surface area (Å²) in [7, 11) is 1.74. The molecule has 5 nitrogen and oxygen atoms in total. The van der Waals surface area contributed by atoms with Crippen LogP contribution in [-0.4, -0.2) is 45.9 Å². The molecule has 126 valence electrons. The second-order valence-electron chi connectivity index (χ2n) is 5.51. The van der Waals surface area contributed by atoms with Crippen LogP contribution in [0.25, 0.3) is 0 Å². The van der Waals surface area contributed by atoms with E-state index in [0.717, 1.165) is 10.1 Å². The number of aliphatic hydroxyl groups is 1. The first-order valence-corrected chi connectivity index (χ1v) is 7.31. The Morgan fingerprint density at radius 2 is 2.17 bits per heavy atom. The largest absolute Gasteiger partial charge is 0.491 e. The second-order valence-corrected chi connectivity index (χ2v) is 5.51. The molecule has 0 amide bonds. The summed E-state index contributed by atoms with van der Waals surface area (Å²) in [5.41, 5.74) is 1.08. The van der Waals surface area contributed by atoms with Crippen LogP contribution in [0.2, 0.25) is 0 Å². The number of alkyl halides is 2. The molecule has 0 saturated carbocycles. The van der Waals surface area contributed by atoms with Gasteiger partial charge in [0.15, 0.2) is 0 Å². The molecule has 0 fully saturated rings. The number of halogens is 2. The van der Waals surface area contributed by atoms with Gasteiger partial charge in [-0.25, -0.2) is 4.98 Å². The molecule has 0 aliphatic carbocycles. The average molecular weight is 325 g/mol. The van der Waals surface area contributed by atoms with Crippen LogP contribution in [0.1, 0.15) is 17.9 Å². The molecule has 23 heavy (non-hydrogen) atoms. The number of likely N-dealkylation sites (N-methyl/N-ethyl adjacent to an activating group) is 1. The number of aromatic nitrogens is 2. The molecule has 2 rings (SSSR count). The summed E-state index contributed by atoms with van der Waals surface area (Å²) in [6.07, 6.45) is 1.85. The van der Waals surface area contributed by atoms with Crippen molar-refractivity contribution in [3.63, 3.8) is 0 Å². The van der Waals surface area contributed by atoms with Gasteiger partial charge in [-0.2, -0.15) is 8.78 Å². The van der Waals surface area contributed by atoms with Gasteiger partial charge in [-0.05, 0) is 31.7 Å². The van der Waals surface area contributed by atoms with Gasteiger partial charge in [0.05, 0.1) is 6.54 Å². The van der Waals surface area contributed by atoms with Crippen molar-refractivity contribution in [3.8, 4) is 5.75 Å². The van der Waals surface area contributed by atoms with E-state index in [9.17, 15) is 13.9 Å². The summed E-state index contributed by atoms with van der Waals surface area (Å²) in [6.45, 7) is -0.00416. The van der Waals surface area contributed by atoms with Gasteiger partial charge in [0.25, 0.3) is 0 Å². The highest BCUT2D eigenvalue weighted by Crippen LogP contribution is 2.14. The maximum absolute atomic E-state index is 12.7. The normalized spacial score (nSPS) is 12.8. The van der Waals surface area contributed by atoms with E-state index in [1.165, 1.54) is 12.4 Å². The lowest BCUT2D eigenvalue weighted by Crippen LogP contribution is -2.33. The molecule has 0 aliphatic rings. The Bertz CT molecular complexity index is 619. The third-order valence-corrected chi connectivity index (χ3v) is 3.32. The van der Waals surface area contributed by atoms with Gasteiger partial charge < -0.3 is 9.84 Å². The van der Waals surface area contributed by atoms with Crippen LogP contribution >= 0.6 is 0 Å². The van der Waals surface area contributed by atoms with Gasteiger partial charge in [0.1, 0.15) is 24.3 Å². The topological polar surface area (TPSA) is 50.5 Å². The van der Waals surface area contributed by atoms with E-state index < -0.39 is 12.7 Å². The van der Waals surface area contributed by atoms with Crippen LogP contribution in [0.15, 0.2) is 36.7 Å². The molecular formula is C16H21F2N3O2. The highest BCUT2D eigenvalue weighted by Gasteiger charge is 2.15. The Hall–Kier alpha value is -1.99. The van der Waals surface area contributed by atoms with Crippen molar-refractivity contribution in [2.75, 3.05) is 20.2 Å². The summed E-state index contributed by atoms with van der Waals surface area (Å²) in [6, 6.07) is 7.55. The first-order chi connectivity index (χ1) is 11.0. The third kappa shape index (κ3) is 5.30. The van der Waals surface area contributed by atoms with Crippen molar-refractivity contribution < 1.29 is 18.6 Å². The van der Waals surface area contributed by atoms with E-state index in [1.807, 2.05) is 31.2 Å². The number of nitrogens with zero attached hydrogens (tertiary/aromatic N) is 3. The molecular weight excluding hydrogens is 304 g/mol. The Morgan fingerprint density at radius 3 is 2.87 bits per heavy atom. The molecule has 0 spiro atoms. The SMILES string of the molecule is Cc1cccc(OCC(O)CN(C)Cc2nccn2C(F)F)c1. The number of hydrogen-bond acceptors (Lipinski definition) is 4. The van der Waals surface area contributed by atoms with Crippen molar-refractivity contribution in [2.45, 2.75) is 26.1 Å². The quantitative estimate of drug-likeness (QED) is 0.810. The Balaban J connectivity index is 1.80. The lowest BCUT2D eigenvalue weighted by Gasteiger charge is -2.21. The van der Waals surface area contributed by atoms with E-state index in [1.54, 1.807) is 11.9 Å². The molecule has 1 aromatic carbocycles. The van der Waals surface area contributed by atoms with E-state index >= 15 is 0 Å². The summed E-state index contributed by atoms with van der Waals surface area (Å²) in [5, 5.41) is 10.0. The number of hydrogen-bond donors (Lipinski definition) is 1. The maximum atomic E-state index is 12.7. The van der Waals surface area contributed by atoms with Crippen LogP contribution in [0.5, 0.6) is 5.75 Å². The number of aryl methyl sites for hydroxylation is 1. The van der Waals surface area contributed by atoms with Gasteiger partial charge in [-0.15, -0.1) is 0 Å². The molecule has 7 heteroatoms. The van der Waals surface area contributed by atoms with Crippen LogP contribution in [0, 0.1) is 6.92 Å². The van der Waals surface area contributed by atoms with E-state index in [4.69, 9.17) is 4.74 Å². The highest BCUT2D eigenvalue weighted by atomic mass is 19.3. The van der Waals surface area contributed by atoms with Crippen LogP contribution in [0.4, 0.5) is 8.78 Å². The minimum atomic E-state index is -2.62. The molecule has 0 saturated heterocycles. The zero-order valence-electron chi connectivity index (χ0n) is 13.2. The fourth-order valence-electron chi connectivity index (χ4n) is 2.26. The zero-order valence-corrected chi connectivity index (χ0v) is 13.2. The van der Waals surface area contributed by atoms with Crippen molar-refractivity contribution in [3.05, 3.63) is 48.0 Å². The standard InChI is InChI=1S/C16H21F2N3O2/c1-12-4-3-5-14(8-12)23-11-13(22)9-20(2)10-15-19-6-7-21(15)16(17)18/h3-8,13,16,22H,9-11H2,1-2H3. The van der Waals surface area contributed by atoms with Crippen LogP contribution in [-0.2, 0) is 6.54 Å². The molecule has 0 aliphatic heterocycles. The average Bonchev–Trinajstić information content (AvgIpc) is 2.93. The zero-order chi connectivity index (χ0) is 16.8. The van der Waals surface area contributed by atoms with Gasteiger partial charge >= 0.3 is 6.55 Å². The molecule has 0 radical (unpaired) electrons. The number of rotatable bonds is 8. The fourth-order valence-corrected chi connectivity index (χ4v) is 2.26. The number of ether oxygens (including phenoxy) is 1. The molecule has 1 unspecified atom stereocenters. The first kappa shape index (κ1) is 17.4. The fraction of sp³-hybridized carbons (Fsp3) is 0.438. The minimum Gasteiger partial charge on any atom is -0.491 e. The predicted molar refractivity (Wildman–Crippen MR) is 82.5 cm³/mol. The lowest BCUT2D eigenvalue weighted by atomic mass is 10.2.